The zero-order chi connectivity index (χ0) is 12.7. The number of aliphatic hydroxyl groups excluding tert-OH is 2. The van der Waals surface area contributed by atoms with Gasteiger partial charge in [0.15, 0.2) is 0 Å². The third-order valence-corrected chi connectivity index (χ3v) is 2.83. The average Bonchev–Trinajstić information content (AvgIpc) is 2.32. The Morgan fingerprint density at radius 3 is 2.65 bits per heavy atom. The highest BCUT2D eigenvalue weighted by molar-refractivity contribution is 6.31. The molecule has 0 saturated heterocycles. The van der Waals surface area contributed by atoms with Crippen molar-refractivity contribution in [2.75, 3.05) is 13.2 Å². The Morgan fingerprint density at radius 1 is 1.35 bits per heavy atom. The molecule has 3 nitrogen and oxygen atoms in total. The van der Waals surface area contributed by atoms with Crippen molar-refractivity contribution >= 4 is 11.6 Å². The Labute approximate surface area is 107 Å². The van der Waals surface area contributed by atoms with Gasteiger partial charge in [0.25, 0.3) is 0 Å². The van der Waals surface area contributed by atoms with Crippen LogP contribution in [0.25, 0.3) is 0 Å². The molecule has 0 aliphatic rings. The molecule has 1 aromatic carbocycles. The van der Waals surface area contributed by atoms with Crippen molar-refractivity contribution in [1.29, 1.82) is 0 Å². The summed E-state index contributed by atoms with van der Waals surface area (Å²) in [5.74, 6) is 0. The van der Waals surface area contributed by atoms with Crippen molar-refractivity contribution in [3.05, 3.63) is 34.9 Å². The first-order chi connectivity index (χ1) is 8.20. The summed E-state index contributed by atoms with van der Waals surface area (Å²) in [5.41, 5.74) is 0.767. The van der Waals surface area contributed by atoms with Crippen molar-refractivity contribution in [2.24, 2.45) is 0 Å². The second-order valence-electron chi connectivity index (χ2n) is 3.89. The third kappa shape index (κ3) is 4.28. The fourth-order valence-corrected chi connectivity index (χ4v) is 1.89. The molecule has 0 heterocycles. The molecule has 0 amide bonds. The van der Waals surface area contributed by atoms with Gasteiger partial charge in [-0.2, -0.15) is 0 Å². The van der Waals surface area contributed by atoms with Crippen molar-refractivity contribution in [1.82, 2.24) is 0 Å². The largest absolute Gasteiger partial charge is 0.396 e. The molecule has 0 bridgehead atoms. The van der Waals surface area contributed by atoms with Gasteiger partial charge in [0.1, 0.15) is 6.10 Å². The predicted molar refractivity (Wildman–Crippen MR) is 68.1 cm³/mol. The maximum Gasteiger partial charge on any atom is 0.110 e. The Kier molecular flexibility index (Phi) is 6.52. The van der Waals surface area contributed by atoms with Gasteiger partial charge in [0.2, 0.25) is 0 Å². The van der Waals surface area contributed by atoms with E-state index in [1.54, 1.807) is 6.07 Å². The highest BCUT2D eigenvalue weighted by Crippen LogP contribution is 2.29. The van der Waals surface area contributed by atoms with Crippen LogP contribution in [0, 0.1) is 0 Å². The van der Waals surface area contributed by atoms with Crippen LogP contribution in [0.15, 0.2) is 24.3 Å². The Morgan fingerprint density at radius 2 is 2.06 bits per heavy atom. The SMILES string of the molecule is CCCO[C@H](c1ccccc1Cl)[C@H](O)CCO. The minimum Gasteiger partial charge on any atom is -0.396 e. The van der Waals surface area contributed by atoms with Crippen LogP contribution < -0.4 is 0 Å². The fraction of sp³-hybridized carbons (Fsp3) is 0.538. The van der Waals surface area contributed by atoms with Crippen molar-refractivity contribution < 1.29 is 14.9 Å². The van der Waals surface area contributed by atoms with Crippen LogP contribution in [0.3, 0.4) is 0 Å². The number of hydrogen-bond acceptors (Lipinski definition) is 3. The van der Waals surface area contributed by atoms with Gasteiger partial charge in [-0.25, -0.2) is 0 Å². The number of hydrogen-bond donors (Lipinski definition) is 2. The van der Waals surface area contributed by atoms with Gasteiger partial charge in [-0.3, -0.25) is 0 Å². The molecule has 0 spiro atoms. The zero-order valence-corrected chi connectivity index (χ0v) is 10.7. The summed E-state index contributed by atoms with van der Waals surface area (Å²) >= 11 is 6.09. The lowest BCUT2D eigenvalue weighted by molar-refractivity contribution is -0.0473. The Balaban J connectivity index is 2.85. The lowest BCUT2D eigenvalue weighted by Crippen LogP contribution is -2.23. The van der Waals surface area contributed by atoms with Crippen LogP contribution in [0.4, 0.5) is 0 Å². The molecule has 2 N–H and O–H groups in total. The molecule has 1 rings (SSSR count). The first kappa shape index (κ1) is 14.5. The van der Waals surface area contributed by atoms with Crippen molar-refractivity contribution in [3.63, 3.8) is 0 Å². The van der Waals surface area contributed by atoms with Crippen LogP contribution in [0.5, 0.6) is 0 Å². The monoisotopic (exact) mass is 258 g/mol. The molecule has 0 aliphatic carbocycles. The topological polar surface area (TPSA) is 49.7 Å². The first-order valence-corrected chi connectivity index (χ1v) is 6.23. The summed E-state index contributed by atoms with van der Waals surface area (Å²) in [5, 5.41) is 19.4. The Bertz CT molecular complexity index is 330. The van der Waals surface area contributed by atoms with Crippen LogP contribution in [-0.2, 0) is 4.74 Å². The van der Waals surface area contributed by atoms with E-state index in [0.717, 1.165) is 12.0 Å². The minimum atomic E-state index is -0.744. The predicted octanol–water partition coefficient (Wildman–Crippen LogP) is 2.55. The smallest absolute Gasteiger partial charge is 0.110 e. The van der Waals surface area contributed by atoms with Crippen LogP contribution >= 0.6 is 11.6 Å². The normalized spacial score (nSPS) is 14.6. The molecule has 0 aliphatic heterocycles. The molecular weight excluding hydrogens is 240 g/mol. The standard InChI is InChI=1S/C13H19ClO3/c1-2-9-17-13(12(16)7-8-15)10-5-3-4-6-11(10)14/h3-6,12-13,15-16H,2,7-9H2,1H3/t12-,13-/m1/s1. The Hall–Kier alpha value is -0.610. The lowest BCUT2D eigenvalue weighted by atomic mass is 10.0. The molecular formula is C13H19ClO3. The van der Waals surface area contributed by atoms with Crippen LogP contribution in [-0.4, -0.2) is 29.5 Å². The van der Waals surface area contributed by atoms with Crippen LogP contribution in [0.1, 0.15) is 31.4 Å². The second-order valence-corrected chi connectivity index (χ2v) is 4.30. The summed E-state index contributed by atoms with van der Waals surface area (Å²) in [6, 6.07) is 7.30. The summed E-state index contributed by atoms with van der Waals surface area (Å²) in [6.07, 6.45) is -0.0749. The fourth-order valence-electron chi connectivity index (χ4n) is 1.64. The van der Waals surface area contributed by atoms with Gasteiger partial charge < -0.3 is 14.9 Å². The number of ether oxygens (including phenoxy) is 1. The third-order valence-electron chi connectivity index (χ3n) is 2.49. The molecule has 0 unspecified atom stereocenters. The molecule has 1 aromatic rings. The molecule has 0 fully saturated rings. The molecule has 2 atom stereocenters. The molecule has 0 saturated carbocycles. The quantitative estimate of drug-likeness (QED) is 0.790. The minimum absolute atomic E-state index is 0.0718. The molecule has 0 aromatic heterocycles. The first-order valence-electron chi connectivity index (χ1n) is 5.85. The lowest BCUT2D eigenvalue weighted by Gasteiger charge is -2.24. The van der Waals surface area contributed by atoms with Gasteiger partial charge in [0.05, 0.1) is 6.10 Å². The van der Waals surface area contributed by atoms with E-state index in [-0.39, 0.29) is 13.0 Å². The number of rotatable bonds is 7. The van der Waals surface area contributed by atoms with Gasteiger partial charge >= 0.3 is 0 Å². The second kappa shape index (κ2) is 7.67. The van der Waals surface area contributed by atoms with Crippen molar-refractivity contribution in [3.8, 4) is 0 Å². The molecule has 96 valence electrons. The van der Waals surface area contributed by atoms with Crippen molar-refractivity contribution in [2.45, 2.75) is 32.0 Å². The van der Waals surface area contributed by atoms with E-state index in [0.29, 0.717) is 11.6 Å². The van der Waals surface area contributed by atoms with E-state index in [1.807, 2.05) is 25.1 Å². The molecule has 4 heteroatoms. The van der Waals surface area contributed by atoms with Crippen LogP contribution in [0.2, 0.25) is 5.02 Å². The summed E-state index contributed by atoms with van der Waals surface area (Å²) in [4.78, 5) is 0. The van der Waals surface area contributed by atoms with E-state index >= 15 is 0 Å². The van der Waals surface area contributed by atoms with E-state index in [4.69, 9.17) is 21.4 Å². The van der Waals surface area contributed by atoms with E-state index in [2.05, 4.69) is 0 Å². The van der Waals surface area contributed by atoms with Gasteiger partial charge in [0, 0.05) is 23.8 Å². The summed E-state index contributed by atoms with van der Waals surface area (Å²) < 4.78 is 5.63. The molecule has 17 heavy (non-hydrogen) atoms. The van der Waals surface area contributed by atoms with E-state index < -0.39 is 12.2 Å². The number of benzene rings is 1. The highest BCUT2D eigenvalue weighted by atomic mass is 35.5. The summed E-state index contributed by atoms with van der Waals surface area (Å²) in [6.45, 7) is 2.48. The highest BCUT2D eigenvalue weighted by Gasteiger charge is 2.23. The number of halogens is 1. The van der Waals surface area contributed by atoms with E-state index in [1.165, 1.54) is 0 Å². The average molecular weight is 259 g/mol. The molecule has 0 radical (unpaired) electrons. The van der Waals surface area contributed by atoms with E-state index in [9.17, 15) is 5.11 Å². The maximum atomic E-state index is 9.97. The maximum absolute atomic E-state index is 9.97. The zero-order valence-electron chi connectivity index (χ0n) is 9.97. The van der Waals surface area contributed by atoms with Gasteiger partial charge in [-0.15, -0.1) is 0 Å². The van der Waals surface area contributed by atoms with Gasteiger partial charge in [-0.05, 0) is 18.9 Å². The summed E-state index contributed by atoms with van der Waals surface area (Å²) in [7, 11) is 0. The number of aliphatic hydroxyl groups is 2. The van der Waals surface area contributed by atoms with Gasteiger partial charge in [-0.1, -0.05) is 36.7 Å².